The van der Waals surface area contributed by atoms with E-state index in [1.54, 1.807) is 0 Å². The van der Waals surface area contributed by atoms with Gasteiger partial charge in [-0.25, -0.2) is 0 Å². The van der Waals surface area contributed by atoms with Crippen molar-refractivity contribution in [1.82, 2.24) is 0 Å². The van der Waals surface area contributed by atoms with Crippen LogP contribution in [0.3, 0.4) is 0 Å². The molecular formula is C104H144B4N8Tl8. The van der Waals surface area contributed by atoms with Crippen LogP contribution in [-0.2, 0) is 0 Å². The largest absolute Gasteiger partial charge is 1.00 e. The van der Waals surface area contributed by atoms with Gasteiger partial charge in [0.1, 0.15) is 0 Å². The minimum absolute atomic E-state index is 0. The van der Waals surface area contributed by atoms with Gasteiger partial charge in [0.25, 0.3) is 0 Å². The van der Waals surface area contributed by atoms with Crippen LogP contribution in [0.1, 0.15) is 405 Å². The van der Waals surface area contributed by atoms with E-state index in [0.29, 0.717) is 94.7 Å². The molecule has 4 aliphatic rings. The van der Waals surface area contributed by atoms with Crippen LogP contribution in [0.25, 0.3) is 0 Å². The molecular weight excluding hydrogens is 3040 g/mol. The van der Waals surface area contributed by atoms with Crippen molar-refractivity contribution in [2.45, 2.75) is 316 Å². The Hall–Kier alpha value is -1.24. The summed E-state index contributed by atoms with van der Waals surface area (Å²) < 4.78 is 0. The van der Waals surface area contributed by atoms with Crippen LogP contribution in [0.15, 0.2) is 195 Å². The van der Waals surface area contributed by atoms with Crippen molar-refractivity contribution in [3.05, 3.63) is 284 Å². The van der Waals surface area contributed by atoms with Crippen LogP contribution < -0.4 is 38.5 Å². The molecule has 0 fully saturated rings. The van der Waals surface area contributed by atoms with Crippen molar-refractivity contribution < 1.29 is 0 Å². The van der Waals surface area contributed by atoms with Crippen LogP contribution in [0.4, 0.5) is 45.5 Å². The third-order valence-electron chi connectivity index (χ3n) is 23.4. The molecule has 0 atom stereocenters. The maximum absolute atomic E-state index is 2.33. The number of para-hydroxylation sites is 8. The summed E-state index contributed by atoms with van der Waals surface area (Å²) in [6.45, 7) is 73.1. The molecule has 0 saturated carbocycles. The van der Waals surface area contributed by atoms with Gasteiger partial charge in [0.05, 0.1) is 0 Å². The van der Waals surface area contributed by atoms with Gasteiger partial charge in [-0.2, -0.15) is 0 Å². The van der Waals surface area contributed by atoms with Gasteiger partial charge in [0.2, 0.25) is 0 Å². The van der Waals surface area contributed by atoms with Crippen LogP contribution in [-0.4, -0.2) is 249 Å². The summed E-state index contributed by atoms with van der Waals surface area (Å²) in [5.74, 6) is 7.68. The van der Waals surface area contributed by atoms with Gasteiger partial charge >= 0.3 is 109 Å². The van der Waals surface area contributed by atoms with Crippen molar-refractivity contribution in [2.75, 3.05) is 38.5 Å². The first-order chi connectivity index (χ1) is 54.9. The fraction of sp³-hybridized carbons (Fsp3) is 0.462. The molecule has 0 saturated heterocycles. The van der Waals surface area contributed by atoms with Gasteiger partial charge in [-0.1, -0.05) is 397 Å². The Bertz CT molecular complexity index is 3660. The molecule has 0 aromatic heterocycles. The number of benzene rings is 8. The third kappa shape index (κ3) is 29.4. The molecule has 20 heteroatoms. The zero-order chi connectivity index (χ0) is 85.2. The number of nitrogens with zero attached hydrogens (tertiary/aromatic N) is 8. The Morgan fingerprint density at radius 3 is 0.258 bits per heavy atom. The van der Waals surface area contributed by atoms with Gasteiger partial charge in [-0.15, -0.1) is 0 Å². The predicted molar refractivity (Wildman–Crippen MR) is 562 cm³/mol. The second kappa shape index (κ2) is 55.6. The summed E-state index contributed by atoms with van der Waals surface area (Å²) >= 11 is 0. The summed E-state index contributed by atoms with van der Waals surface area (Å²) in [6, 6.07) is 54.1. The summed E-state index contributed by atoms with van der Waals surface area (Å²) in [5.41, 5.74) is 33.1. The summed E-state index contributed by atoms with van der Waals surface area (Å²) in [7, 11) is 9.06. The first-order valence-corrected chi connectivity index (χ1v) is 44.3. The normalized spacial score (nSPS) is 13.4. The van der Waals surface area contributed by atoms with Gasteiger partial charge in [-0.3, -0.25) is 0 Å². The molecule has 4 heterocycles. The zero-order valence-electron chi connectivity index (χ0n) is 82.2. The molecule has 636 valence electrons. The Kier molecular flexibility index (Phi) is 54.1. The number of anilines is 8. The fourth-order valence-electron chi connectivity index (χ4n) is 17.0. The van der Waals surface area contributed by atoms with Crippen LogP contribution in [0.5, 0.6) is 0 Å². The summed E-state index contributed by atoms with van der Waals surface area (Å²) in [6.07, 6.45) is 17.7. The van der Waals surface area contributed by atoms with Gasteiger partial charge in [0, 0.05) is 155 Å². The van der Waals surface area contributed by atoms with Gasteiger partial charge < -0.3 is 38.5 Å². The zero-order valence-corrected chi connectivity index (χ0v) is 118. The minimum Gasteiger partial charge on any atom is -0.564 e. The molecule has 12 radical (unpaired) electrons. The summed E-state index contributed by atoms with van der Waals surface area (Å²) in [5, 5.41) is 0. The molecule has 0 amide bonds. The van der Waals surface area contributed by atoms with E-state index in [2.05, 4.69) is 485 Å². The van der Waals surface area contributed by atoms with E-state index in [0.717, 1.165) is 0 Å². The standard InChI is InChI=1S/4C26H36BN2.8Tl/c4*1-17(2)21-11-9-12-22(18(3)4)25(21)28-15-16-29(27-28)26-23(19(5)6)13-10-14-24(26)20(7)8;;;;;;;;/h4*9-20H,1-8H3;;;;;;;;/q4*-1;;;;;4*+1. The monoisotopic (exact) mass is 3190 g/mol. The SMILES string of the molecule is CC(C)c1cccc(C(C)C)c1N1[B-]N(c2c(C(C)C)cccc2C(C)C)C=C1.CC(C)c1cccc(C(C)C)c1N1[B-]N(c2c(C(C)C)cccc2C(C)C)C=C1.CC(C)c1cccc(C(C)C)c1N1[B-]N(c2c(C(C)C)cccc2C(C)C)C=C1.CC(C)c1cccc(C(C)C)c1N1[B-]N(c2c(C(C)C)cccc2C(C)C)C=C1.[Tl+].[Tl+].[Tl+].[Tl+].[Tl].[Tl].[Tl].[Tl]. The molecule has 124 heavy (non-hydrogen) atoms. The Balaban J connectivity index is 0.000000809. The van der Waals surface area contributed by atoms with Crippen LogP contribution >= 0.6 is 0 Å². The molecule has 4 aliphatic heterocycles. The van der Waals surface area contributed by atoms with Gasteiger partial charge in [-0.05, 0) is 233 Å². The van der Waals surface area contributed by atoms with Crippen molar-refractivity contribution in [3.8, 4) is 0 Å². The van der Waals surface area contributed by atoms with E-state index in [4.69, 9.17) is 0 Å². The molecule has 0 aliphatic carbocycles. The van der Waals surface area contributed by atoms with E-state index in [1.165, 1.54) is 135 Å². The smallest absolute Gasteiger partial charge is 0.564 e. The topological polar surface area (TPSA) is 25.9 Å². The maximum atomic E-state index is 2.33. The molecule has 0 spiro atoms. The van der Waals surface area contributed by atoms with Gasteiger partial charge in [0.15, 0.2) is 0 Å². The Morgan fingerprint density at radius 2 is 0.202 bits per heavy atom. The number of hydrogen-bond acceptors (Lipinski definition) is 8. The Labute approximate surface area is 920 Å². The molecule has 0 N–H and O–H groups in total. The molecule has 8 aromatic carbocycles. The van der Waals surface area contributed by atoms with Crippen LogP contribution in [0.2, 0.25) is 0 Å². The Morgan fingerprint density at radius 1 is 0.137 bits per heavy atom. The number of rotatable bonds is 24. The molecule has 0 bridgehead atoms. The van der Waals surface area contributed by atoms with E-state index in [1.807, 2.05) is 0 Å². The molecule has 12 rings (SSSR count). The first kappa shape index (κ1) is 121. The maximum Gasteiger partial charge on any atom is 1.00 e. The summed E-state index contributed by atoms with van der Waals surface area (Å²) in [4.78, 5) is 18.6. The van der Waals surface area contributed by atoms with Crippen molar-refractivity contribution in [3.63, 3.8) is 0 Å². The third-order valence-corrected chi connectivity index (χ3v) is 23.4. The number of hydrogen-bond donors (Lipinski definition) is 0. The second-order valence-electron chi connectivity index (χ2n) is 37.7. The quantitative estimate of drug-likeness (QED) is 0.0552. The van der Waals surface area contributed by atoms with E-state index >= 15 is 0 Å². The average Bonchev–Trinajstić information content (AvgIpc) is 1.62. The van der Waals surface area contributed by atoms with E-state index in [9.17, 15) is 0 Å². The van der Waals surface area contributed by atoms with Crippen molar-refractivity contribution in [2.24, 2.45) is 0 Å². The van der Waals surface area contributed by atoms with E-state index in [-0.39, 0.29) is 218 Å². The van der Waals surface area contributed by atoms with Crippen LogP contribution in [0, 0.1) is 0 Å². The molecule has 0 unspecified atom stereocenters. The first-order valence-electron chi connectivity index (χ1n) is 44.3. The molecule has 8 nitrogen and oxygen atoms in total. The fourth-order valence-corrected chi connectivity index (χ4v) is 17.0. The minimum atomic E-state index is 0. The van der Waals surface area contributed by atoms with E-state index < -0.39 is 0 Å². The second-order valence-corrected chi connectivity index (χ2v) is 37.7. The van der Waals surface area contributed by atoms with Crippen molar-refractivity contribution >= 4 is 294 Å². The average molecular weight is 3180 g/mol. The van der Waals surface area contributed by atoms with Crippen molar-refractivity contribution in [1.29, 1.82) is 0 Å². The molecule has 8 aromatic rings. The predicted octanol–water partition coefficient (Wildman–Crippen LogP) is 27.0.